The molecule has 3 aromatic heterocycles. The predicted molar refractivity (Wildman–Crippen MR) is 115 cm³/mol. The van der Waals surface area contributed by atoms with Gasteiger partial charge >= 0.3 is 0 Å². The van der Waals surface area contributed by atoms with Gasteiger partial charge in [-0.3, -0.25) is 5.10 Å². The molecule has 2 bridgehead atoms. The Labute approximate surface area is 178 Å². The molecular formula is C21H23N9O. The smallest absolute Gasteiger partial charge is 0.245 e. The number of rotatable bonds is 4. The van der Waals surface area contributed by atoms with Gasteiger partial charge in [0.25, 0.3) is 0 Å². The number of nitrogens with one attached hydrogen (secondary N) is 2. The first-order valence-electron chi connectivity index (χ1n) is 10.5. The van der Waals surface area contributed by atoms with E-state index < -0.39 is 0 Å². The summed E-state index contributed by atoms with van der Waals surface area (Å²) in [5.41, 5.74) is 3.47. The molecular weight excluding hydrogens is 394 g/mol. The third-order valence-corrected chi connectivity index (χ3v) is 6.26. The summed E-state index contributed by atoms with van der Waals surface area (Å²) in [7, 11) is 2.05. The van der Waals surface area contributed by atoms with Crippen LogP contribution in [0.4, 0.5) is 5.95 Å². The summed E-state index contributed by atoms with van der Waals surface area (Å²) >= 11 is 0. The summed E-state index contributed by atoms with van der Waals surface area (Å²) in [4.78, 5) is 6.79. The van der Waals surface area contributed by atoms with Crippen LogP contribution in [-0.4, -0.2) is 73.5 Å². The van der Waals surface area contributed by atoms with Crippen molar-refractivity contribution < 1.29 is 4.74 Å². The van der Waals surface area contributed by atoms with Gasteiger partial charge in [-0.15, -0.1) is 10.2 Å². The van der Waals surface area contributed by atoms with Gasteiger partial charge in [0.15, 0.2) is 0 Å². The molecule has 0 amide bonds. The number of nitrogens with zero attached hydrogens (tertiary/aromatic N) is 7. The van der Waals surface area contributed by atoms with Crippen molar-refractivity contribution in [3.05, 3.63) is 43.0 Å². The van der Waals surface area contributed by atoms with E-state index in [-0.39, 0.29) is 0 Å². The van der Waals surface area contributed by atoms with E-state index in [2.05, 4.69) is 47.7 Å². The number of hydrogen-bond donors (Lipinski definition) is 2. The summed E-state index contributed by atoms with van der Waals surface area (Å²) in [6.07, 6.45) is 9.28. The first-order valence-corrected chi connectivity index (χ1v) is 10.5. The molecule has 2 fully saturated rings. The van der Waals surface area contributed by atoms with Crippen molar-refractivity contribution in [1.82, 2.24) is 40.5 Å². The molecule has 0 aliphatic carbocycles. The Hall–Kier alpha value is -3.37. The second-order valence-electron chi connectivity index (χ2n) is 8.22. The average molecular weight is 417 g/mol. The lowest BCUT2D eigenvalue weighted by atomic mass is 9.92. The monoisotopic (exact) mass is 417 g/mol. The van der Waals surface area contributed by atoms with Gasteiger partial charge in [0.1, 0.15) is 5.69 Å². The van der Waals surface area contributed by atoms with Crippen LogP contribution in [0.5, 0.6) is 0 Å². The topological polar surface area (TPSA) is 110 Å². The number of aromatic nitrogens is 7. The SMILES string of the molecule is CN(c1ncc(-c2ccc(-n3cccn3)c3[nH]ncc23)nn1)C1C[C@H]2COC[C@H](C1)N2. The van der Waals surface area contributed by atoms with Gasteiger partial charge in [-0.25, -0.2) is 9.67 Å². The molecule has 0 saturated carbocycles. The van der Waals surface area contributed by atoms with Gasteiger partial charge < -0.3 is 15.0 Å². The van der Waals surface area contributed by atoms with Crippen molar-refractivity contribution in [1.29, 1.82) is 0 Å². The molecule has 4 aromatic rings. The number of morpholine rings is 1. The van der Waals surface area contributed by atoms with Gasteiger partial charge in [-0.2, -0.15) is 10.2 Å². The number of piperidine rings is 1. The molecule has 0 radical (unpaired) electrons. The fourth-order valence-corrected chi connectivity index (χ4v) is 4.69. The largest absolute Gasteiger partial charge is 0.378 e. The quantitative estimate of drug-likeness (QED) is 0.515. The van der Waals surface area contributed by atoms with Crippen LogP contribution in [0.15, 0.2) is 43.0 Å². The highest BCUT2D eigenvalue weighted by molar-refractivity contribution is 5.97. The Bertz CT molecular complexity index is 1180. The number of fused-ring (bicyclic) bond motifs is 3. The Morgan fingerprint density at radius 2 is 2.00 bits per heavy atom. The van der Waals surface area contributed by atoms with Crippen molar-refractivity contribution in [3.63, 3.8) is 0 Å². The highest BCUT2D eigenvalue weighted by Crippen LogP contribution is 2.30. The Morgan fingerprint density at radius 1 is 1.13 bits per heavy atom. The number of H-pyrrole nitrogens is 1. The lowest BCUT2D eigenvalue weighted by molar-refractivity contribution is 0.0182. The normalized spacial score (nSPS) is 23.2. The van der Waals surface area contributed by atoms with Crippen LogP contribution in [0.25, 0.3) is 27.8 Å². The van der Waals surface area contributed by atoms with Gasteiger partial charge in [-0.05, 0) is 31.0 Å². The zero-order chi connectivity index (χ0) is 20.8. The number of aromatic amines is 1. The molecule has 0 spiro atoms. The van der Waals surface area contributed by atoms with Crippen LogP contribution in [-0.2, 0) is 4.74 Å². The molecule has 6 rings (SSSR count). The summed E-state index contributed by atoms with van der Waals surface area (Å²) in [6.45, 7) is 1.54. The van der Waals surface area contributed by atoms with Crippen molar-refractivity contribution in [2.24, 2.45) is 0 Å². The van der Waals surface area contributed by atoms with Gasteiger partial charge in [0, 0.05) is 48.5 Å². The second kappa shape index (κ2) is 7.40. The van der Waals surface area contributed by atoms with Crippen LogP contribution in [0, 0.1) is 0 Å². The summed E-state index contributed by atoms with van der Waals surface area (Å²) < 4.78 is 7.47. The summed E-state index contributed by atoms with van der Waals surface area (Å²) in [5.74, 6) is 0.645. The Balaban J connectivity index is 1.28. The first-order chi connectivity index (χ1) is 15.3. The Morgan fingerprint density at radius 3 is 2.74 bits per heavy atom. The van der Waals surface area contributed by atoms with Crippen LogP contribution in [0.1, 0.15) is 12.8 Å². The third kappa shape index (κ3) is 3.24. The molecule has 31 heavy (non-hydrogen) atoms. The van der Waals surface area contributed by atoms with E-state index in [4.69, 9.17) is 4.74 Å². The van der Waals surface area contributed by atoms with E-state index in [1.807, 2.05) is 29.1 Å². The molecule has 10 nitrogen and oxygen atoms in total. The van der Waals surface area contributed by atoms with Crippen LogP contribution < -0.4 is 10.2 Å². The number of anilines is 1. The van der Waals surface area contributed by atoms with Crippen molar-refractivity contribution in [2.75, 3.05) is 25.2 Å². The standard InChI is InChI=1S/C21H23N9O/c1-29(15-7-13-11-31-12-14(8-15)25-13)21-22-10-18(26-28-21)16-3-4-19(30-6-2-5-24-30)20-17(16)9-23-27-20/h2-6,9-10,13-15,25H,7-8,11-12H2,1H3,(H,23,27)/t13-,14-/m0/s1. The van der Waals surface area contributed by atoms with Crippen molar-refractivity contribution in [3.8, 4) is 16.9 Å². The minimum absolute atomic E-state index is 0.377. The van der Waals surface area contributed by atoms with E-state index in [1.54, 1.807) is 18.6 Å². The van der Waals surface area contributed by atoms with Crippen molar-refractivity contribution in [2.45, 2.75) is 31.0 Å². The molecule has 0 unspecified atom stereocenters. The van der Waals surface area contributed by atoms with E-state index >= 15 is 0 Å². The van der Waals surface area contributed by atoms with E-state index in [0.29, 0.717) is 29.8 Å². The van der Waals surface area contributed by atoms with Gasteiger partial charge in [-0.1, -0.05) is 0 Å². The number of ether oxygens (including phenoxy) is 1. The zero-order valence-corrected chi connectivity index (χ0v) is 17.1. The minimum atomic E-state index is 0.377. The first kappa shape index (κ1) is 18.4. The van der Waals surface area contributed by atoms with E-state index in [1.165, 1.54) is 0 Å². The fraction of sp³-hybridized carbons (Fsp3) is 0.381. The molecule has 2 N–H and O–H groups in total. The lowest BCUT2D eigenvalue weighted by Crippen LogP contribution is -2.58. The second-order valence-corrected chi connectivity index (χ2v) is 8.22. The van der Waals surface area contributed by atoms with E-state index in [9.17, 15) is 0 Å². The maximum absolute atomic E-state index is 5.66. The Kier molecular flexibility index (Phi) is 4.39. The van der Waals surface area contributed by atoms with Crippen LogP contribution >= 0.6 is 0 Å². The molecule has 2 aliphatic rings. The summed E-state index contributed by atoms with van der Waals surface area (Å²) in [6, 6.07) is 7.08. The fourth-order valence-electron chi connectivity index (χ4n) is 4.69. The zero-order valence-electron chi connectivity index (χ0n) is 17.1. The molecule has 10 heteroatoms. The maximum Gasteiger partial charge on any atom is 0.245 e. The summed E-state index contributed by atoms with van der Waals surface area (Å²) in [5, 5.41) is 25.2. The maximum atomic E-state index is 5.66. The van der Waals surface area contributed by atoms with E-state index in [0.717, 1.165) is 48.2 Å². The van der Waals surface area contributed by atoms with Crippen LogP contribution in [0.3, 0.4) is 0 Å². The van der Waals surface area contributed by atoms with Crippen LogP contribution in [0.2, 0.25) is 0 Å². The van der Waals surface area contributed by atoms with Gasteiger partial charge in [0.2, 0.25) is 5.95 Å². The molecule has 158 valence electrons. The van der Waals surface area contributed by atoms with Crippen molar-refractivity contribution >= 4 is 16.9 Å². The van der Waals surface area contributed by atoms with Gasteiger partial charge in [0.05, 0.1) is 36.8 Å². The highest BCUT2D eigenvalue weighted by atomic mass is 16.5. The molecule has 1 aromatic carbocycles. The average Bonchev–Trinajstić information content (AvgIpc) is 3.50. The molecule has 2 atom stereocenters. The number of hydrogen-bond acceptors (Lipinski definition) is 8. The molecule has 2 aliphatic heterocycles. The number of benzene rings is 1. The highest BCUT2D eigenvalue weighted by Gasteiger charge is 2.34. The predicted octanol–water partition coefficient (Wildman–Crippen LogP) is 1.56. The minimum Gasteiger partial charge on any atom is -0.378 e. The molecule has 2 saturated heterocycles. The molecule has 5 heterocycles. The lowest BCUT2D eigenvalue weighted by Gasteiger charge is -2.43. The third-order valence-electron chi connectivity index (χ3n) is 6.26.